The molecule has 0 bridgehead atoms. The predicted octanol–water partition coefficient (Wildman–Crippen LogP) is 0.956. The van der Waals surface area contributed by atoms with Gasteiger partial charge in [0.2, 0.25) is 0 Å². The quantitative estimate of drug-likeness (QED) is 0.707. The normalized spacial score (nSPS) is 31.3. The van der Waals surface area contributed by atoms with Crippen LogP contribution in [0.15, 0.2) is 30.3 Å². The molecule has 0 aromatic heterocycles. The number of aliphatic carboxylic acids is 1. The first-order chi connectivity index (χ1) is 6.14. The fourth-order valence-electron chi connectivity index (χ4n) is 1.62. The molecule has 1 fully saturated rings. The third-order valence-electron chi connectivity index (χ3n) is 2.60. The zero-order chi connectivity index (χ0) is 9.47. The van der Waals surface area contributed by atoms with E-state index in [0.29, 0.717) is 6.42 Å². The monoisotopic (exact) mass is 177 g/mol. The van der Waals surface area contributed by atoms with E-state index in [0.717, 1.165) is 5.56 Å². The van der Waals surface area contributed by atoms with Gasteiger partial charge in [-0.25, -0.2) is 0 Å². The summed E-state index contributed by atoms with van der Waals surface area (Å²) in [6.45, 7) is 0. The highest BCUT2D eigenvalue weighted by molar-refractivity contribution is 5.84. The van der Waals surface area contributed by atoms with Gasteiger partial charge in [0.1, 0.15) is 5.54 Å². The largest absolute Gasteiger partial charge is 0.480 e. The van der Waals surface area contributed by atoms with Crippen LogP contribution in [0, 0.1) is 0 Å². The highest BCUT2D eigenvalue weighted by atomic mass is 16.4. The van der Waals surface area contributed by atoms with Crippen LogP contribution in [0.2, 0.25) is 0 Å². The van der Waals surface area contributed by atoms with Crippen molar-refractivity contribution < 1.29 is 9.90 Å². The molecule has 13 heavy (non-hydrogen) atoms. The molecule has 2 rings (SSSR count). The molecule has 0 saturated heterocycles. The molecule has 1 saturated carbocycles. The Kier molecular flexibility index (Phi) is 1.63. The predicted molar refractivity (Wildman–Crippen MR) is 48.4 cm³/mol. The Morgan fingerprint density at radius 1 is 1.46 bits per heavy atom. The van der Waals surface area contributed by atoms with E-state index in [9.17, 15) is 4.79 Å². The molecule has 1 aromatic carbocycles. The first kappa shape index (κ1) is 8.26. The summed E-state index contributed by atoms with van der Waals surface area (Å²) in [7, 11) is 0. The summed E-state index contributed by atoms with van der Waals surface area (Å²) in [4.78, 5) is 10.7. The number of benzene rings is 1. The van der Waals surface area contributed by atoms with Crippen LogP contribution in [0.25, 0.3) is 0 Å². The third-order valence-corrected chi connectivity index (χ3v) is 2.60. The standard InChI is InChI=1S/C10H11NO2/c11-10(9(12)13)6-8(10)7-4-2-1-3-5-7/h1-5,8H,6,11H2,(H,12,13)/t8?,10-/m0/s1. The second-order valence-electron chi connectivity index (χ2n) is 3.51. The Balaban J connectivity index is 2.21. The van der Waals surface area contributed by atoms with E-state index < -0.39 is 11.5 Å². The second-order valence-corrected chi connectivity index (χ2v) is 3.51. The topological polar surface area (TPSA) is 63.3 Å². The van der Waals surface area contributed by atoms with Crippen molar-refractivity contribution in [3.8, 4) is 0 Å². The van der Waals surface area contributed by atoms with Crippen LogP contribution in [0.1, 0.15) is 17.9 Å². The van der Waals surface area contributed by atoms with Crippen molar-refractivity contribution in [2.45, 2.75) is 17.9 Å². The summed E-state index contributed by atoms with van der Waals surface area (Å²) in [6.07, 6.45) is 0.548. The molecule has 1 aliphatic carbocycles. The summed E-state index contributed by atoms with van der Waals surface area (Å²) >= 11 is 0. The van der Waals surface area contributed by atoms with E-state index in [1.54, 1.807) is 0 Å². The van der Waals surface area contributed by atoms with Gasteiger partial charge in [0, 0.05) is 5.92 Å². The molecule has 3 N–H and O–H groups in total. The molecule has 68 valence electrons. The molecule has 0 amide bonds. The van der Waals surface area contributed by atoms with E-state index in [4.69, 9.17) is 10.8 Å². The highest BCUT2D eigenvalue weighted by Crippen LogP contribution is 2.49. The molecule has 1 aliphatic rings. The molecule has 3 heteroatoms. The van der Waals surface area contributed by atoms with Crippen LogP contribution < -0.4 is 5.73 Å². The Morgan fingerprint density at radius 3 is 2.54 bits per heavy atom. The first-order valence-electron chi connectivity index (χ1n) is 4.22. The van der Waals surface area contributed by atoms with Crippen molar-refractivity contribution in [1.29, 1.82) is 0 Å². The number of rotatable bonds is 2. The van der Waals surface area contributed by atoms with Crippen LogP contribution in [0.4, 0.5) is 0 Å². The lowest BCUT2D eigenvalue weighted by molar-refractivity contribution is -0.139. The van der Waals surface area contributed by atoms with Crippen molar-refractivity contribution >= 4 is 5.97 Å². The number of hydrogen-bond acceptors (Lipinski definition) is 2. The molecular weight excluding hydrogens is 166 g/mol. The van der Waals surface area contributed by atoms with Crippen molar-refractivity contribution in [2.24, 2.45) is 5.73 Å². The number of carbonyl (C=O) groups is 1. The molecular formula is C10H11NO2. The molecule has 1 unspecified atom stereocenters. The van der Waals surface area contributed by atoms with Gasteiger partial charge in [-0.2, -0.15) is 0 Å². The van der Waals surface area contributed by atoms with Crippen LogP contribution in [0.3, 0.4) is 0 Å². The number of carboxylic acids is 1. The Bertz CT molecular complexity index is 336. The van der Waals surface area contributed by atoms with Gasteiger partial charge in [-0.05, 0) is 12.0 Å². The summed E-state index contributed by atoms with van der Waals surface area (Å²) in [5.74, 6) is -0.910. The number of carboxylic acid groups (broad SMARTS) is 1. The second kappa shape index (κ2) is 2.57. The minimum absolute atomic E-state index is 0.00815. The fourth-order valence-corrected chi connectivity index (χ4v) is 1.62. The van der Waals surface area contributed by atoms with Crippen molar-refractivity contribution in [3.63, 3.8) is 0 Å². The molecule has 0 spiro atoms. The number of hydrogen-bond donors (Lipinski definition) is 2. The third kappa shape index (κ3) is 1.21. The minimum Gasteiger partial charge on any atom is -0.480 e. The van der Waals surface area contributed by atoms with E-state index >= 15 is 0 Å². The zero-order valence-electron chi connectivity index (χ0n) is 7.10. The smallest absolute Gasteiger partial charge is 0.324 e. The van der Waals surface area contributed by atoms with Crippen molar-refractivity contribution in [1.82, 2.24) is 0 Å². The van der Waals surface area contributed by atoms with Crippen molar-refractivity contribution in [2.75, 3.05) is 0 Å². The van der Waals surface area contributed by atoms with E-state index in [1.807, 2.05) is 30.3 Å². The SMILES string of the molecule is N[C@@]1(C(=O)O)CC1c1ccccc1. The van der Waals surface area contributed by atoms with Crippen LogP contribution in [-0.4, -0.2) is 16.6 Å². The van der Waals surface area contributed by atoms with E-state index in [1.165, 1.54) is 0 Å². The average Bonchev–Trinajstić information content (AvgIpc) is 2.81. The maximum atomic E-state index is 10.7. The summed E-state index contributed by atoms with van der Waals surface area (Å²) in [6, 6.07) is 9.54. The van der Waals surface area contributed by atoms with Crippen LogP contribution >= 0.6 is 0 Å². The summed E-state index contributed by atoms with van der Waals surface area (Å²) in [5.41, 5.74) is 5.67. The van der Waals surface area contributed by atoms with Gasteiger partial charge < -0.3 is 10.8 Å². The molecule has 1 aromatic rings. The highest BCUT2D eigenvalue weighted by Gasteiger charge is 2.58. The summed E-state index contributed by atoms with van der Waals surface area (Å²) < 4.78 is 0. The first-order valence-corrected chi connectivity index (χ1v) is 4.22. The van der Waals surface area contributed by atoms with Gasteiger partial charge in [0.05, 0.1) is 0 Å². The summed E-state index contributed by atoms with van der Waals surface area (Å²) in [5, 5.41) is 8.82. The van der Waals surface area contributed by atoms with Crippen molar-refractivity contribution in [3.05, 3.63) is 35.9 Å². The van der Waals surface area contributed by atoms with Gasteiger partial charge in [-0.3, -0.25) is 4.79 Å². The molecule has 3 nitrogen and oxygen atoms in total. The van der Waals surface area contributed by atoms with Gasteiger partial charge >= 0.3 is 5.97 Å². The Labute approximate surface area is 76.2 Å². The average molecular weight is 177 g/mol. The lowest BCUT2D eigenvalue weighted by Gasteiger charge is -2.04. The minimum atomic E-state index is -1.01. The lowest BCUT2D eigenvalue weighted by atomic mass is 10.1. The number of nitrogens with two attached hydrogens (primary N) is 1. The maximum absolute atomic E-state index is 10.7. The maximum Gasteiger partial charge on any atom is 0.324 e. The molecule has 0 radical (unpaired) electrons. The van der Waals surface area contributed by atoms with E-state index in [-0.39, 0.29) is 5.92 Å². The van der Waals surface area contributed by atoms with Gasteiger partial charge in [-0.1, -0.05) is 30.3 Å². The van der Waals surface area contributed by atoms with Gasteiger partial charge in [0.25, 0.3) is 0 Å². The molecule has 2 atom stereocenters. The zero-order valence-corrected chi connectivity index (χ0v) is 7.10. The van der Waals surface area contributed by atoms with Gasteiger partial charge in [0.15, 0.2) is 0 Å². The van der Waals surface area contributed by atoms with E-state index in [2.05, 4.69) is 0 Å². The lowest BCUT2D eigenvalue weighted by Crippen LogP contribution is -2.34. The van der Waals surface area contributed by atoms with Gasteiger partial charge in [-0.15, -0.1) is 0 Å². The Hall–Kier alpha value is -1.35. The fraction of sp³-hybridized carbons (Fsp3) is 0.300. The molecule has 0 aliphatic heterocycles. The Morgan fingerprint density at radius 2 is 2.08 bits per heavy atom. The van der Waals surface area contributed by atoms with Crippen LogP contribution in [-0.2, 0) is 4.79 Å². The van der Waals surface area contributed by atoms with Crippen LogP contribution in [0.5, 0.6) is 0 Å². The molecule has 0 heterocycles.